The molecule has 0 bridgehead atoms. The first kappa shape index (κ1) is 11.6. The zero-order valence-corrected chi connectivity index (χ0v) is 10.6. The summed E-state index contributed by atoms with van der Waals surface area (Å²) in [4.78, 5) is 11.9. The second-order valence-corrected chi connectivity index (χ2v) is 5.78. The average Bonchev–Trinajstić information content (AvgIpc) is 2.82. The van der Waals surface area contributed by atoms with Gasteiger partial charge in [-0.25, -0.2) is 0 Å². The van der Waals surface area contributed by atoms with E-state index in [1.807, 2.05) is 0 Å². The fourth-order valence-electron chi connectivity index (χ4n) is 1.36. The molecule has 1 saturated heterocycles. The standard InChI is InChI=1S/C12H12O2S2/c1-14-10-4-2-9(3-5-10)11(13)8-12-15-6-7-16-12/h2-5,8H,6-7H2,1H3. The van der Waals surface area contributed by atoms with Gasteiger partial charge >= 0.3 is 0 Å². The summed E-state index contributed by atoms with van der Waals surface area (Å²) < 4.78 is 6.17. The summed E-state index contributed by atoms with van der Waals surface area (Å²) in [7, 11) is 1.62. The summed E-state index contributed by atoms with van der Waals surface area (Å²) in [5.74, 6) is 3.05. The molecule has 0 spiro atoms. The van der Waals surface area contributed by atoms with Gasteiger partial charge in [0.15, 0.2) is 5.78 Å². The zero-order chi connectivity index (χ0) is 11.4. The first-order valence-corrected chi connectivity index (χ1v) is 6.92. The maximum Gasteiger partial charge on any atom is 0.187 e. The number of hydrogen-bond acceptors (Lipinski definition) is 4. The van der Waals surface area contributed by atoms with E-state index in [0.717, 1.165) is 21.5 Å². The molecule has 84 valence electrons. The van der Waals surface area contributed by atoms with Crippen molar-refractivity contribution < 1.29 is 9.53 Å². The predicted octanol–water partition coefficient (Wildman–Crippen LogP) is 3.20. The second kappa shape index (κ2) is 5.46. The molecule has 1 fully saturated rings. The van der Waals surface area contributed by atoms with Crippen LogP contribution in [0.15, 0.2) is 34.6 Å². The highest BCUT2D eigenvalue weighted by Crippen LogP contribution is 2.36. The van der Waals surface area contributed by atoms with Crippen molar-refractivity contribution in [2.75, 3.05) is 18.6 Å². The van der Waals surface area contributed by atoms with Crippen LogP contribution in [0.5, 0.6) is 5.75 Å². The van der Waals surface area contributed by atoms with Gasteiger partial charge in [0, 0.05) is 27.4 Å². The van der Waals surface area contributed by atoms with Crippen molar-refractivity contribution in [1.82, 2.24) is 0 Å². The van der Waals surface area contributed by atoms with Gasteiger partial charge in [-0.15, -0.1) is 23.5 Å². The minimum Gasteiger partial charge on any atom is -0.497 e. The van der Waals surface area contributed by atoms with Crippen molar-refractivity contribution in [3.63, 3.8) is 0 Å². The van der Waals surface area contributed by atoms with Gasteiger partial charge in [0.25, 0.3) is 0 Å². The van der Waals surface area contributed by atoms with E-state index in [0.29, 0.717) is 5.56 Å². The molecule has 1 heterocycles. The summed E-state index contributed by atoms with van der Waals surface area (Å²) in [6.45, 7) is 0. The van der Waals surface area contributed by atoms with E-state index in [2.05, 4.69) is 0 Å². The van der Waals surface area contributed by atoms with Crippen LogP contribution in [0.4, 0.5) is 0 Å². The van der Waals surface area contributed by atoms with Gasteiger partial charge in [-0.05, 0) is 24.3 Å². The lowest BCUT2D eigenvalue weighted by atomic mass is 10.1. The van der Waals surface area contributed by atoms with E-state index in [-0.39, 0.29) is 5.78 Å². The monoisotopic (exact) mass is 252 g/mol. The third-order valence-electron chi connectivity index (χ3n) is 2.20. The van der Waals surface area contributed by atoms with Crippen molar-refractivity contribution in [2.45, 2.75) is 0 Å². The molecule has 0 aromatic heterocycles. The SMILES string of the molecule is COc1ccc(C(=O)C=C2SCCS2)cc1. The molecule has 0 unspecified atom stereocenters. The molecule has 0 radical (unpaired) electrons. The molecule has 0 N–H and O–H groups in total. The second-order valence-electron chi connectivity index (χ2n) is 3.25. The minimum atomic E-state index is 0.0690. The quantitative estimate of drug-likeness (QED) is 0.609. The van der Waals surface area contributed by atoms with Gasteiger partial charge in [0.05, 0.1) is 7.11 Å². The third-order valence-corrected chi connectivity index (χ3v) is 4.78. The Labute approximate surface area is 103 Å². The molecular weight excluding hydrogens is 240 g/mol. The molecule has 1 aliphatic rings. The summed E-state index contributed by atoms with van der Waals surface area (Å²) in [6.07, 6.45) is 1.73. The highest BCUT2D eigenvalue weighted by Gasteiger charge is 2.11. The average molecular weight is 252 g/mol. The maximum atomic E-state index is 11.9. The van der Waals surface area contributed by atoms with Crippen LogP contribution < -0.4 is 4.74 Å². The van der Waals surface area contributed by atoms with Crippen molar-refractivity contribution >= 4 is 29.3 Å². The largest absolute Gasteiger partial charge is 0.497 e. The lowest BCUT2D eigenvalue weighted by molar-refractivity contribution is 0.104. The molecule has 2 rings (SSSR count). The normalized spacial score (nSPS) is 14.9. The molecule has 1 aromatic rings. The molecule has 1 aliphatic heterocycles. The van der Waals surface area contributed by atoms with Crippen LogP contribution in [0.1, 0.15) is 10.4 Å². The van der Waals surface area contributed by atoms with E-state index < -0.39 is 0 Å². The zero-order valence-electron chi connectivity index (χ0n) is 8.93. The van der Waals surface area contributed by atoms with Gasteiger partial charge < -0.3 is 4.74 Å². The van der Waals surface area contributed by atoms with Crippen molar-refractivity contribution in [2.24, 2.45) is 0 Å². The third kappa shape index (κ3) is 2.83. The Morgan fingerprint density at radius 2 is 1.88 bits per heavy atom. The molecule has 2 nitrogen and oxygen atoms in total. The molecule has 16 heavy (non-hydrogen) atoms. The van der Waals surface area contributed by atoms with Gasteiger partial charge in [0.2, 0.25) is 0 Å². The smallest absolute Gasteiger partial charge is 0.187 e. The first-order chi connectivity index (χ1) is 7.79. The maximum absolute atomic E-state index is 11.9. The number of rotatable bonds is 3. The number of benzene rings is 1. The Balaban J connectivity index is 2.11. The molecule has 0 atom stereocenters. The number of hydrogen-bond donors (Lipinski definition) is 0. The van der Waals surface area contributed by atoms with E-state index >= 15 is 0 Å². The first-order valence-electron chi connectivity index (χ1n) is 4.95. The van der Waals surface area contributed by atoms with Gasteiger partial charge in [-0.3, -0.25) is 4.79 Å². The minimum absolute atomic E-state index is 0.0690. The molecule has 0 saturated carbocycles. The van der Waals surface area contributed by atoms with Crippen LogP contribution in [0.25, 0.3) is 0 Å². The van der Waals surface area contributed by atoms with Crippen LogP contribution in [0, 0.1) is 0 Å². The summed E-state index contributed by atoms with van der Waals surface area (Å²) in [6, 6.07) is 7.20. The topological polar surface area (TPSA) is 26.3 Å². The Hall–Kier alpha value is -0.870. The molecule has 0 amide bonds. The number of methoxy groups -OCH3 is 1. The Kier molecular flexibility index (Phi) is 3.96. The summed E-state index contributed by atoms with van der Waals surface area (Å²) in [5, 5.41) is 0. The van der Waals surface area contributed by atoms with Crippen LogP contribution >= 0.6 is 23.5 Å². The van der Waals surface area contributed by atoms with E-state index in [9.17, 15) is 4.79 Å². The number of ether oxygens (including phenoxy) is 1. The summed E-state index contributed by atoms with van der Waals surface area (Å²) in [5.41, 5.74) is 0.710. The van der Waals surface area contributed by atoms with Gasteiger partial charge in [-0.2, -0.15) is 0 Å². The van der Waals surface area contributed by atoms with E-state index in [1.165, 1.54) is 0 Å². The Bertz CT molecular complexity index is 402. The number of ketones is 1. The highest BCUT2D eigenvalue weighted by molar-refractivity contribution is 8.25. The van der Waals surface area contributed by atoms with Crippen molar-refractivity contribution in [1.29, 1.82) is 0 Å². The van der Waals surface area contributed by atoms with Crippen molar-refractivity contribution in [3.8, 4) is 5.75 Å². The fourth-order valence-corrected chi connectivity index (χ4v) is 3.64. The van der Waals surface area contributed by atoms with Crippen LogP contribution in [0.2, 0.25) is 0 Å². The van der Waals surface area contributed by atoms with Crippen LogP contribution in [-0.2, 0) is 0 Å². The predicted molar refractivity (Wildman–Crippen MR) is 70.3 cm³/mol. The van der Waals surface area contributed by atoms with E-state index in [1.54, 1.807) is 61.0 Å². The number of carbonyl (C=O) groups excluding carboxylic acids is 1. The number of thioether (sulfide) groups is 2. The molecule has 0 aliphatic carbocycles. The highest BCUT2D eigenvalue weighted by atomic mass is 32.2. The van der Waals surface area contributed by atoms with E-state index in [4.69, 9.17) is 4.74 Å². The fraction of sp³-hybridized carbons (Fsp3) is 0.250. The number of carbonyl (C=O) groups is 1. The molecule has 4 heteroatoms. The van der Waals surface area contributed by atoms with Gasteiger partial charge in [0.1, 0.15) is 5.75 Å². The molecule has 1 aromatic carbocycles. The molecular formula is C12H12O2S2. The Morgan fingerprint density at radius 1 is 1.25 bits per heavy atom. The van der Waals surface area contributed by atoms with Crippen LogP contribution in [-0.4, -0.2) is 24.4 Å². The van der Waals surface area contributed by atoms with Gasteiger partial charge in [-0.1, -0.05) is 0 Å². The van der Waals surface area contributed by atoms with Crippen LogP contribution in [0.3, 0.4) is 0 Å². The Morgan fingerprint density at radius 3 is 2.44 bits per heavy atom. The lowest BCUT2D eigenvalue weighted by Crippen LogP contribution is -1.94. The summed E-state index contributed by atoms with van der Waals surface area (Å²) >= 11 is 3.50. The lowest BCUT2D eigenvalue weighted by Gasteiger charge is -2.00. The number of allylic oxidation sites excluding steroid dienone is 1. The van der Waals surface area contributed by atoms with Crippen molar-refractivity contribution in [3.05, 3.63) is 40.1 Å².